The number of rotatable bonds is 3. The molecule has 1 saturated carbocycles. The molecule has 1 aromatic carbocycles. The number of nitrogens with two attached hydrogens (primary N) is 2. The third-order valence-electron chi connectivity index (χ3n) is 2.38. The minimum Gasteiger partial charge on any atom is -0.369 e. The van der Waals surface area contributed by atoms with Crippen LogP contribution in [0.2, 0.25) is 5.02 Å². The molecule has 2 rings (SSSR count). The van der Waals surface area contributed by atoms with Crippen LogP contribution in [0.3, 0.4) is 0 Å². The van der Waals surface area contributed by atoms with Gasteiger partial charge in [-0.15, -0.1) is 15.2 Å². The third kappa shape index (κ3) is 6.01. The van der Waals surface area contributed by atoms with Gasteiger partial charge >= 0.3 is 0 Å². The monoisotopic (exact) mass is 299 g/mol. The van der Waals surface area contributed by atoms with Crippen LogP contribution in [-0.4, -0.2) is 22.0 Å². The minimum atomic E-state index is -1.50. The van der Waals surface area contributed by atoms with E-state index in [1.807, 2.05) is 24.3 Å². The molecule has 1 fully saturated rings. The first-order valence-corrected chi connectivity index (χ1v) is 6.03. The van der Waals surface area contributed by atoms with Gasteiger partial charge in [-0.05, 0) is 30.5 Å². The molecule has 8 nitrogen and oxygen atoms in total. The Morgan fingerprint density at radius 3 is 2.20 bits per heavy atom. The van der Waals surface area contributed by atoms with Gasteiger partial charge in [-0.2, -0.15) is 5.10 Å². The van der Waals surface area contributed by atoms with Gasteiger partial charge < -0.3 is 16.7 Å². The van der Waals surface area contributed by atoms with Crippen LogP contribution in [0.25, 0.3) is 0 Å². The fourth-order valence-electron chi connectivity index (χ4n) is 1.46. The van der Waals surface area contributed by atoms with Gasteiger partial charge in [-0.1, -0.05) is 23.7 Å². The summed E-state index contributed by atoms with van der Waals surface area (Å²) in [6.07, 6.45) is 2.28. The third-order valence-corrected chi connectivity index (χ3v) is 2.63. The van der Waals surface area contributed by atoms with E-state index in [1.54, 1.807) is 0 Å². The Morgan fingerprint density at radius 2 is 1.80 bits per heavy atom. The van der Waals surface area contributed by atoms with E-state index in [4.69, 9.17) is 38.4 Å². The molecule has 0 aromatic heterocycles. The molecular formula is C11H14ClN5O3. The van der Waals surface area contributed by atoms with Crippen LogP contribution in [0.15, 0.2) is 34.5 Å². The number of guanidine groups is 1. The Morgan fingerprint density at radius 1 is 1.30 bits per heavy atom. The maximum Gasteiger partial charge on any atom is 0.291 e. The van der Waals surface area contributed by atoms with Gasteiger partial charge in [-0.3, -0.25) is 0 Å². The predicted molar refractivity (Wildman–Crippen MR) is 75.3 cm³/mol. The summed E-state index contributed by atoms with van der Waals surface area (Å²) in [4.78, 5) is 8.36. The first-order valence-electron chi connectivity index (χ1n) is 5.66. The molecule has 1 aliphatic carbocycles. The van der Waals surface area contributed by atoms with E-state index in [0.29, 0.717) is 10.9 Å². The summed E-state index contributed by atoms with van der Waals surface area (Å²) in [7, 11) is 0. The molecule has 20 heavy (non-hydrogen) atoms. The van der Waals surface area contributed by atoms with Crippen molar-refractivity contribution in [2.75, 3.05) is 0 Å². The van der Waals surface area contributed by atoms with Gasteiger partial charge in [0.25, 0.3) is 5.09 Å². The second kappa shape index (κ2) is 7.29. The van der Waals surface area contributed by atoms with Crippen molar-refractivity contribution in [1.29, 1.82) is 0 Å². The smallest absolute Gasteiger partial charge is 0.291 e. The van der Waals surface area contributed by atoms with E-state index in [9.17, 15) is 0 Å². The van der Waals surface area contributed by atoms with E-state index in [2.05, 4.69) is 10.2 Å². The van der Waals surface area contributed by atoms with Crippen molar-refractivity contribution < 1.29 is 10.3 Å². The van der Waals surface area contributed by atoms with Gasteiger partial charge in [0.15, 0.2) is 0 Å². The Balaban J connectivity index is 0.000000444. The highest BCUT2D eigenvalue weighted by Gasteiger charge is 2.28. The molecule has 0 spiro atoms. The summed E-state index contributed by atoms with van der Waals surface area (Å²) in [5.41, 5.74) is 12.5. The van der Waals surface area contributed by atoms with Crippen LogP contribution in [0.4, 0.5) is 0 Å². The van der Waals surface area contributed by atoms with Crippen molar-refractivity contribution in [2.24, 2.45) is 27.6 Å². The van der Waals surface area contributed by atoms with Crippen LogP contribution in [-0.2, 0) is 0 Å². The Kier molecular flexibility index (Phi) is 5.73. The van der Waals surface area contributed by atoms with Crippen molar-refractivity contribution >= 4 is 23.3 Å². The summed E-state index contributed by atoms with van der Waals surface area (Å²) in [6.45, 7) is 0. The largest absolute Gasteiger partial charge is 0.369 e. The van der Waals surface area contributed by atoms with E-state index < -0.39 is 5.09 Å². The van der Waals surface area contributed by atoms with Crippen molar-refractivity contribution in [3.63, 3.8) is 0 Å². The SMILES string of the molecule is NC(N)=N/N=C(/c1ccc(Cl)cc1)C1CC1.O=[N+]([O-])O. The van der Waals surface area contributed by atoms with E-state index in [0.717, 1.165) is 24.1 Å². The highest BCUT2D eigenvalue weighted by molar-refractivity contribution is 6.30. The number of hydrogen-bond donors (Lipinski definition) is 3. The quantitative estimate of drug-likeness (QED) is 0.335. The number of halogens is 1. The fraction of sp³-hybridized carbons (Fsp3) is 0.273. The molecule has 108 valence electrons. The van der Waals surface area contributed by atoms with Crippen molar-refractivity contribution in [3.05, 3.63) is 45.0 Å². The first kappa shape index (κ1) is 15.7. The van der Waals surface area contributed by atoms with Gasteiger partial charge in [0.1, 0.15) is 0 Å². The Hall–Kier alpha value is -2.35. The van der Waals surface area contributed by atoms with Gasteiger partial charge in [-0.25, -0.2) is 0 Å². The Bertz CT molecular complexity index is 517. The maximum atomic E-state index is 8.36. The molecule has 0 unspecified atom stereocenters. The molecule has 0 atom stereocenters. The zero-order valence-corrected chi connectivity index (χ0v) is 11.2. The molecule has 5 N–H and O–H groups in total. The topological polar surface area (TPSA) is 140 Å². The van der Waals surface area contributed by atoms with Crippen molar-refractivity contribution in [1.82, 2.24) is 0 Å². The lowest BCUT2D eigenvalue weighted by atomic mass is 10.1. The van der Waals surface area contributed by atoms with Crippen molar-refractivity contribution in [3.8, 4) is 0 Å². The summed E-state index contributed by atoms with van der Waals surface area (Å²) < 4.78 is 0. The normalized spacial score (nSPS) is 13.9. The molecular weight excluding hydrogens is 286 g/mol. The summed E-state index contributed by atoms with van der Waals surface area (Å²) in [5.74, 6) is 0.455. The fourth-order valence-corrected chi connectivity index (χ4v) is 1.59. The van der Waals surface area contributed by atoms with Crippen LogP contribution >= 0.6 is 11.6 Å². The average molecular weight is 300 g/mol. The predicted octanol–water partition coefficient (Wildman–Crippen LogP) is 1.38. The van der Waals surface area contributed by atoms with Crippen molar-refractivity contribution in [2.45, 2.75) is 12.8 Å². The Labute approximate surface area is 119 Å². The van der Waals surface area contributed by atoms with Crippen LogP contribution in [0.5, 0.6) is 0 Å². The zero-order chi connectivity index (χ0) is 15.1. The molecule has 1 aromatic rings. The molecule has 0 amide bonds. The minimum absolute atomic E-state index is 0.0212. The highest BCUT2D eigenvalue weighted by Crippen LogP contribution is 2.33. The van der Waals surface area contributed by atoms with E-state index >= 15 is 0 Å². The first-order chi connectivity index (χ1) is 9.40. The van der Waals surface area contributed by atoms with Crippen LogP contribution in [0, 0.1) is 16.0 Å². The molecule has 9 heteroatoms. The molecule has 0 radical (unpaired) electrons. The van der Waals surface area contributed by atoms with Crippen LogP contribution in [0.1, 0.15) is 18.4 Å². The van der Waals surface area contributed by atoms with E-state index in [-0.39, 0.29) is 5.96 Å². The van der Waals surface area contributed by atoms with Crippen LogP contribution < -0.4 is 11.5 Å². The summed E-state index contributed by atoms with van der Waals surface area (Å²) in [6, 6.07) is 7.54. The van der Waals surface area contributed by atoms with E-state index in [1.165, 1.54) is 0 Å². The summed E-state index contributed by atoms with van der Waals surface area (Å²) in [5, 5.41) is 22.2. The molecule has 0 saturated heterocycles. The second-order valence-electron chi connectivity index (χ2n) is 4.03. The van der Waals surface area contributed by atoms with Gasteiger partial charge in [0, 0.05) is 10.9 Å². The lowest BCUT2D eigenvalue weighted by molar-refractivity contribution is -0.742. The lowest BCUT2D eigenvalue weighted by Crippen LogP contribution is -2.22. The molecule has 1 aliphatic rings. The highest BCUT2D eigenvalue weighted by atomic mass is 35.5. The van der Waals surface area contributed by atoms with Gasteiger partial charge in [0.2, 0.25) is 5.96 Å². The standard InChI is InChI=1S/C11H13ClN4.HNO3/c12-9-5-3-8(4-6-9)10(7-1-2-7)15-16-11(13)14;2-1(3)4/h3-7H,1-2H2,(H4,13,14,16);(H,2,3,4)/b15-10+;. The number of hydrogen-bond acceptors (Lipinski definition) is 4. The number of nitrogens with zero attached hydrogens (tertiary/aromatic N) is 3. The number of benzene rings is 1. The molecule has 0 bridgehead atoms. The second-order valence-corrected chi connectivity index (χ2v) is 4.47. The average Bonchev–Trinajstić information content (AvgIpc) is 3.15. The zero-order valence-electron chi connectivity index (χ0n) is 10.4. The lowest BCUT2D eigenvalue weighted by Gasteiger charge is -2.03. The maximum absolute atomic E-state index is 8.36. The van der Waals surface area contributed by atoms with Gasteiger partial charge in [0.05, 0.1) is 5.71 Å². The molecule has 0 aliphatic heterocycles. The summed E-state index contributed by atoms with van der Waals surface area (Å²) >= 11 is 5.83. The molecule has 0 heterocycles.